The lowest BCUT2D eigenvalue weighted by atomic mass is 9.90. The van der Waals surface area contributed by atoms with Crippen molar-refractivity contribution in [3.05, 3.63) is 36.1 Å². The summed E-state index contributed by atoms with van der Waals surface area (Å²) in [7, 11) is 0. The molecule has 7 heteroatoms. The van der Waals surface area contributed by atoms with Gasteiger partial charge in [-0.05, 0) is 30.0 Å². The van der Waals surface area contributed by atoms with Crippen LogP contribution in [0.1, 0.15) is 20.3 Å². The highest BCUT2D eigenvalue weighted by atomic mass is 16.7. The molecule has 2 rings (SSSR count). The monoisotopic (exact) mass is 364 g/mol. The molecular formula is C19H28N2O5. The summed E-state index contributed by atoms with van der Waals surface area (Å²) in [6.07, 6.45) is 2.00. The average molecular weight is 364 g/mol. The van der Waals surface area contributed by atoms with Gasteiger partial charge in [-0.3, -0.25) is 4.79 Å². The van der Waals surface area contributed by atoms with Crippen LogP contribution in [0.4, 0.5) is 11.4 Å². The van der Waals surface area contributed by atoms with Crippen molar-refractivity contribution in [1.82, 2.24) is 0 Å². The number of aliphatic hydroxyl groups is 1. The number of hydrogen-bond acceptors (Lipinski definition) is 6. The Morgan fingerprint density at radius 1 is 1.35 bits per heavy atom. The Balaban J connectivity index is 1.98. The lowest BCUT2D eigenvalue weighted by Crippen LogP contribution is -2.32. The topological polar surface area (TPSA) is 103 Å². The van der Waals surface area contributed by atoms with E-state index in [9.17, 15) is 4.79 Å². The van der Waals surface area contributed by atoms with E-state index in [1.807, 2.05) is 6.08 Å². The van der Waals surface area contributed by atoms with E-state index in [0.29, 0.717) is 36.9 Å². The van der Waals surface area contributed by atoms with Gasteiger partial charge >= 0.3 is 0 Å². The summed E-state index contributed by atoms with van der Waals surface area (Å²) in [5.41, 5.74) is 6.91. The van der Waals surface area contributed by atoms with Gasteiger partial charge in [0.2, 0.25) is 6.29 Å². The molecule has 1 heterocycles. The molecule has 1 aromatic rings. The molecule has 0 bridgehead atoms. The van der Waals surface area contributed by atoms with Gasteiger partial charge in [-0.15, -0.1) is 0 Å². The highest BCUT2D eigenvalue weighted by molar-refractivity contribution is 6.04. The Bertz CT molecular complexity index is 618. The number of aliphatic hydroxyl groups excluding tert-OH is 1. The molecule has 144 valence electrons. The molecule has 0 aliphatic carbocycles. The quantitative estimate of drug-likeness (QED) is 0.458. The molecule has 0 radical (unpaired) electrons. The molecule has 2 atom stereocenters. The van der Waals surface area contributed by atoms with E-state index >= 15 is 0 Å². The third-order valence-electron chi connectivity index (χ3n) is 4.14. The molecule has 1 aliphatic heterocycles. The number of ether oxygens (including phenoxy) is 3. The number of nitrogen functional groups attached to an aromatic ring is 1. The first kappa shape index (κ1) is 20.2. The maximum absolute atomic E-state index is 12.6. The molecule has 0 spiro atoms. The number of amides is 1. The zero-order valence-electron chi connectivity index (χ0n) is 15.3. The Labute approximate surface area is 154 Å². The largest absolute Gasteiger partial charge is 0.459 e. The minimum atomic E-state index is -0.515. The third-order valence-corrected chi connectivity index (χ3v) is 4.14. The Kier molecular flexibility index (Phi) is 7.90. The van der Waals surface area contributed by atoms with Crippen LogP contribution in [0.5, 0.6) is 0 Å². The van der Waals surface area contributed by atoms with Gasteiger partial charge in [0.1, 0.15) is 0 Å². The fourth-order valence-electron chi connectivity index (χ4n) is 2.61. The molecule has 2 unspecified atom stereocenters. The smallest absolute Gasteiger partial charge is 0.290 e. The first-order chi connectivity index (χ1) is 12.5. The van der Waals surface area contributed by atoms with Crippen LogP contribution in [0.3, 0.4) is 0 Å². The second-order valence-corrected chi connectivity index (χ2v) is 6.47. The van der Waals surface area contributed by atoms with Crippen molar-refractivity contribution in [3.63, 3.8) is 0 Å². The molecule has 1 amide bonds. The number of anilines is 2. The van der Waals surface area contributed by atoms with E-state index in [1.54, 1.807) is 24.3 Å². The van der Waals surface area contributed by atoms with Crippen LogP contribution in [-0.4, -0.2) is 43.7 Å². The summed E-state index contributed by atoms with van der Waals surface area (Å²) in [5, 5.41) is 11.5. The molecule has 0 saturated heterocycles. The molecule has 7 nitrogen and oxygen atoms in total. The number of allylic oxidation sites excluding steroid dienone is 1. The van der Waals surface area contributed by atoms with Crippen molar-refractivity contribution in [2.24, 2.45) is 11.8 Å². The maximum atomic E-state index is 12.6. The van der Waals surface area contributed by atoms with E-state index in [4.69, 9.17) is 25.1 Å². The molecule has 1 aliphatic rings. The van der Waals surface area contributed by atoms with E-state index in [0.717, 1.165) is 0 Å². The van der Waals surface area contributed by atoms with Crippen LogP contribution >= 0.6 is 0 Å². The van der Waals surface area contributed by atoms with Gasteiger partial charge in [0.15, 0.2) is 5.76 Å². The van der Waals surface area contributed by atoms with Crippen LogP contribution in [0.2, 0.25) is 0 Å². The number of nitrogens with two attached hydrogens (primary N) is 1. The molecule has 0 saturated carbocycles. The number of carbonyl (C=O) groups excluding carboxylic acids is 1. The lowest BCUT2D eigenvalue weighted by Gasteiger charge is -2.30. The molecule has 26 heavy (non-hydrogen) atoms. The molecule has 4 N–H and O–H groups in total. The Morgan fingerprint density at radius 2 is 2.12 bits per heavy atom. The number of benzene rings is 1. The lowest BCUT2D eigenvalue weighted by molar-refractivity contribution is -0.153. The summed E-state index contributed by atoms with van der Waals surface area (Å²) in [6.45, 7) is 5.13. The number of rotatable bonds is 9. The van der Waals surface area contributed by atoms with E-state index in [1.165, 1.54) is 0 Å². The van der Waals surface area contributed by atoms with Crippen LogP contribution in [0.15, 0.2) is 36.1 Å². The van der Waals surface area contributed by atoms with Crippen molar-refractivity contribution < 1.29 is 24.1 Å². The predicted molar refractivity (Wildman–Crippen MR) is 99.2 cm³/mol. The van der Waals surface area contributed by atoms with Gasteiger partial charge in [0.05, 0.1) is 37.8 Å². The SMILES string of the molecule is CC(C)C1C=C(C(=O)Nc2ccccc2N)OC(OCCOCCO)C1. The van der Waals surface area contributed by atoms with Gasteiger partial charge in [0, 0.05) is 6.42 Å². The van der Waals surface area contributed by atoms with Crippen LogP contribution in [0.25, 0.3) is 0 Å². The van der Waals surface area contributed by atoms with Crippen molar-refractivity contribution >= 4 is 17.3 Å². The van der Waals surface area contributed by atoms with Crippen molar-refractivity contribution in [3.8, 4) is 0 Å². The van der Waals surface area contributed by atoms with Gasteiger partial charge in [-0.25, -0.2) is 0 Å². The van der Waals surface area contributed by atoms with Crippen molar-refractivity contribution in [1.29, 1.82) is 0 Å². The van der Waals surface area contributed by atoms with Gasteiger partial charge < -0.3 is 30.4 Å². The van der Waals surface area contributed by atoms with Crippen LogP contribution in [-0.2, 0) is 19.0 Å². The number of para-hydroxylation sites is 2. The molecular weight excluding hydrogens is 336 g/mol. The first-order valence-corrected chi connectivity index (χ1v) is 8.85. The molecule has 0 fully saturated rings. The van der Waals surface area contributed by atoms with Crippen LogP contribution in [0, 0.1) is 11.8 Å². The zero-order valence-corrected chi connectivity index (χ0v) is 15.3. The zero-order chi connectivity index (χ0) is 18.9. The fourth-order valence-corrected chi connectivity index (χ4v) is 2.61. The van der Waals surface area contributed by atoms with E-state index in [2.05, 4.69) is 19.2 Å². The van der Waals surface area contributed by atoms with Gasteiger partial charge in [-0.1, -0.05) is 26.0 Å². The van der Waals surface area contributed by atoms with Gasteiger partial charge in [-0.2, -0.15) is 0 Å². The maximum Gasteiger partial charge on any atom is 0.290 e. The Hall–Kier alpha value is -2.09. The second kappa shape index (κ2) is 10.2. The van der Waals surface area contributed by atoms with E-state index < -0.39 is 6.29 Å². The molecule has 1 aromatic carbocycles. The number of carbonyl (C=O) groups is 1. The average Bonchev–Trinajstić information content (AvgIpc) is 2.63. The van der Waals surface area contributed by atoms with Gasteiger partial charge in [0.25, 0.3) is 5.91 Å². The Morgan fingerprint density at radius 3 is 2.81 bits per heavy atom. The summed E-state index contributed by atoms with van der Waals surface area (Å²) < 4.78 is 16.6. The standard InChI is InChI=1S/C19H28N2O5/c1-13(2)14-11-17(19(23)21-16-6-4-3-5-15(16)20)26-18(12-14)25-10-9-24-8-7-22/h3-6,11,13-14,18,22H,7-10,12,20H2,1-2H3,(H,21,23). The normalized spacial score (nSPS) is 19.8. The highest BCUT2D eigenvalue weighted by Gasteiger charge is 2.29. The van der Waals surface area contributed by atoms with Crippen molar-refractivity contribution in [2.45, 2.75) is 26.6 Å². The summed E-state index contributed by atoms with van der Waals surface area (Å²) in [4.78, 5) is 12.6. The first-order valence-electron chi connectivity index (χ1n) is 8.85. The van der Waals surface area contributed by atoms with Crippen LogP contribution < -0.4 is 11.1 Å². The summed E-state index contributed by atoms with van der Waals surface area (Å²) >= 11 is 0. The fraction of sp³-hybridized carbons (Fsp3) is 0.526. The third kappa shape index (κ3) is 6.01. The summed E-state index contributed by atoms with van der Waals surface area (Å²) in [5.74, 6) is 0.402. The number of hydrogen-bond donors (Lipinski definition) is 3. The van der Waals surface area contributed by atoms with E-state index in [-0.39, 0.29) is 30.8 Å². The second-order valence-electron chi connectivity index (χ2n) is 6.47. The predicted octanol–water partition coefficient (Wildman–Crippen LogP) is 2.14. The summed E-state index contributed by atoms with van der Waals surface area (Å²) in [6, 6.07) is 7.07. The minimum Gasteiger partial charge on any atom is -0.459 e. The number of nitrogens with one attached hydrogen (secondary N) is 1. The minimum absolute atomic E-state index is 0.0228. The molecule has 0 aromatic heterocycles. The van der Waals surface area contributed by atoms with Crippen molar-refractivity contribution in [2.75, 3.05) is 37.5 Å². The highest BCUT2D eigenvalue weighted by Crippen LogP contribution is 2.29.